The van der Waals surface area contributed by atoms with Crippen molar-refractivity contribution in [1.82, 2.24) is 0 Å². The molecule has 312 valence electrons. The van der Waals surface area contributed by atoms with Gasteiger partial charge in [0.2, 0.25) is 0 Å². The smallest absolute Gasteiger partial charge is 0.306 e. The van der Waals surface area contributed by atoms with Crippen LogP contribution in [0.15, 0.2) is 85.1 Å². The quantitative estimate of drug-likeness (QED) is 0.0206. The van der Waals surface area contributed by atoms with Crippen LogP contribution in [0.2, 0.25) is 0 Å². The van der Waals surface area contributed by atoms with Crippen LogP contribution in [-0.2, 0) is 28.6 Å². The van der Waals surface area contributed by atoms with Gasteiger partial charge in [0.05, 0.1) is 40.3 Å². The topological polar surface area (TPSA) is 102 Å². The molecular formula is C47H77NO7. The third-order valence-electron chi connectivity index (χ3n) is 8.84. The zero-order valence-electron chi connectivity index (χ0n) is 35.3. The van der Waals surface area contributed by atoms with Crippen molar-refractivity contribution in [2.45, 2.75) is 154 Å². The fourth-order valence-corrected chi connectivity index (χ4v) is 5.59. The second-order valence-electron chi connectivity index (χ2n) is 14.9. The lowest BCUT2D eigenvalue weighted by molar-refractivity contribution is -0.889. The molecule has 0 aliphatic heterocycles. The summed E-state index contributed by atoms with van der Waals surface area (Å²) in [6, 6.07) is -0.738. The van der Waals surface area contributed by atoms with Crippen molar-refractivity contribution in [3.8, 4) is 0 Å². The van der Waals surface area contributed by atoms with Gasteiger partial charge in [0.1, 0.15) is 12.6 Å². The highest BCUT2D eigenvalue weighted by molar-refractivity contribution is 5.70. The number of carbonyl (C=O) groups is 3. The Balaban J connectivity index is 4.46. The molecule has 0 N–H and O–H groups in total. The van der Waals surface area contributed by atoms with E-state index in [1.54, 1.807) is 21.1 Å². The average Bonchev–Trinajstić information content (AvgIpc) is 3.14. The molecule has 0 saturated carbocycles. The number of aliphatic carboxylic acids is 1. The lowest BCUT2D eigenvalue weighted by atomic mass is 10.1. The van der Waals surface area contributed by atoms with E-state index in [1.165, 1.54) is 19.3 Å². The first-order valence-corrected chi connectivity index (χ1v) is 21.1. The summed E-state index contributed by atoms with van der Waals surface area (Å²) in [6.45, 7) is 4.35. The lowest BCUT2D eigenvalue weighted by Gasteiger charge is -2.34. The predicted molar refractivity (Wildman–Crippen MR) is 226 cm³/mol. The normalized spacial score (nSPS) is 13.8. The predicted octanol–water partition coefficient (Wildman–Crippen LogP) is 10.0. The standard InChI is InChI=1S/C47H77NO7/c1-6-8-10-12-14-16-18-20-22-24-26-28-30-32-34-36-38-46(50)55-43(41-53-40-39-44(47(51)52)48(3,4)5)42-54-45(49)37-35-33-31-29-27-25-23-21-19-17-15-13-11-9-7-2/h8-11,13-17,19-20,22,26,28,43-44H,6-7,12,18,21,23-25,27,29-42H2,1-5H3/b10-8+,11-9+,15-13+,16-14+,19-17+,22-20+,28-26+. The molecule has 55 heavy (non-hydrogen) atoms. The van der Waals surface area contributed by atoms with Crippen LogP contribution in [0.3, 0.4) is 0 Å². The zero-order chi connectivity index (χ0) is 40.7. The second kappa shape index (κ2) is 37.4. The van der Waals surface area contributed by atoms with Gasteiger partial charge in [-0.1, -0.05) is 137 Å². The van der Waals surface area contributed by atoms with Crippen LogP contribution in [0.1, 0.15) is 142 Å². The Morgan fingerprint density at radius 2 is 1.05 bits per heavy atom. The van der Waals surface area contributed by atoms with E-state index in [9.17, 15) is 19.5 Å². The second-order valence-corrected chi connectivity index (χ2v) is 14.9. The zero-order valence-corrected chi connectivity index (χ0v) is 35.3. The Morgan fingerprint density at radius 1 is 0.564 bits per heavy atom. The molecule has 0 heterocycles. The van der Waals surface area contributed by atoms with Crippen LogP contribution >= 0.6 is 0 Å². The maximum atomic E-state index is 12.7. The number of allylic oxidation sites excluding steroid dienone is 14. The van der Waals surface area contributed by atoms with Crippen LogP contribution in [0, 0.1) is 0 Å². The van der Waals surface area contributed by atoms with Gasteiger partial charge in [0.15, 0.2) is 6.10 Å². The third-order valence-corrected chi connectivity index (χ3v) is 8.84. The summed E-state index contributed by atoms with van der Waals surface area (Å²) in [4.78, 5) is 36.8. The Morgan fingerprint density at radius 3 is 1.64 bits per heavy atom. The SMILES string of the molecule is CC/C=C/C=C/C=C/CCCCCCCCCC(=O)OCC(COCCC(C(=O)[O-])[N+](C)(C)C)OC(=O)CCCCC/C=C/C/C=C/C/C=C/C/C=C/CC. The number of esters is 2. The summed E-state index contributed by atoms with van der Waals surface area (Å²) in [6.07, 6.45) is 47.5. The minimum absolute atomic E-state index is 0.0184. The summed E-state index contributed by atoms with van der Waals surface area (Å²) in [5, 5.41) is 11.6. The van der Waals surface area contributed by atoms with E-state index < -0.39 is 18.1 Å². The summed E-state index contributed by atoms with van der Waals surface area (Å²) >= 11 is 0. The summed E-state index contributed by atoms with van der Waals surface area (Å²) in [5.74, 6) is -1.81. The van der Waals surface area contributed by atoms with Crippen molar-refractivity contribution in [2.75, 3.05) is 41.0 Å². The van der Waals surface area contributed by atoms with Crippen LogP contribution in [-0.4, -0.2) is 75.5 Å². The molecule has 8 heteroatoms. The number of unbranched alkanes of at least 4 members (excludes halogenated alkanes) is 10. The molecule has 0 fully saturated rings. The lowest BCUT2D eigenvalue weighted by Crippen LogP contribution is -2.55. The number of carboxylic acids is 1. The minimum atomic E-state index is -1.14. The third kappa shape index (κ3) is 35.9. The molecular weight excluding hydrogens is 691 g/mol. The van der Waals surface area contributed by atoms with Crippen LogP contribution in [0.5, 0.6) is 0 Å². The van der Waals surface area contributed by atoms with Gasteiger partial charge >= 0.3 is 11.9 Å². The molecule has 0 radical (unpaired) electrons. The Kier molecular flexibility index (Phi) is 35.1. The Labute approximate surface area is 335 Å². The molecule has 0 aromatic heterocycles. The van der Waals surface area contributed by atoms with E-state index in [0.717, 1.165) is 83.5 Å². The fourth-order valence-electron chi connectivity index (χ4n) is 5.59. The molecule has 0 aromatic carbocycles. The van der Waals surface area contributed by atoms with Gasteiger partial charge in [-0.25, -0.2) is 0 Å². The number of carboxylic acid groups (broad SMARTS) is 1. The highest BCUT2D eigenvalue weighted by Crippen LogP contribution is 2.12. The van der Waals surface area contributed by atoms with Gasteiger partial charge in [0.25, 0.3) is 0 Å². The van der Waals surface area contributed by atoms with Crippen molar-refractivity contribution in [3.05, 3.63) is 85.1 Å². The van der Waals surface area contributed by atoms with Gasteiger partial charge in [-0.05, 0) is 70.6 Å². The Bertz CT molecular complexity index is 1170. The maximum Gasteiger partial charge on any atom is 0.306 e. The molecule has 2 atom stereocenters. The molecule has 0 rings (SSSR count). The number of nitrogens with zero attached hydrogens (tertiary/aromatic N) is 1. The highest BCUT2D eigenvalue weighted by Gasteiger charge is 2.25. The summed E-state index contributed by atoms with van der Waals surface area (Å²) in [5.41, 5.74) is 0. The van der Waals surface area contributed by atoms with Gasteiger partial charge in [-0.3, -0.25) is 9.59 Å². The average molecular weight is 768 g/mol. The van der Waals surface area contributed by atoms with E-state index in [0.29, 0.717) is 12.8 Å². The minimum Gasteiger partial charge on any atom is -0.544 e. The number of likely N-dealkylation sites (N-methyl/N-ethyl adjacent to an activating group) is 1. The Hall–Kier alpha value is -3.49. The van der Waals surface area contributed by atoms with Crippen molar-refractivity contribution >= 4 is 17.9 Å². The first-order chi connectivity index (χ1) is 26.6. The van der Waals surface area contributed by atoms with E-state index in [2.05, 4.69) is 98.9 Å². The molecule has 0 aliphatic rings. The summed E-state index contributed by atoms with van der Waals surface area (Å²) < 4.78 is 17.1. The molecule has 0 aromatic rings. The van der Waals surface area contributed by atoms with Crippen molar-refractivity contribution in [1.29, 1.82) is 0 Å². The number of ether oxygens (including phenoxy) is 3. The maximum absolute atomic E-state index is 12.7. The van der Waals surface area contributed by atoms with Crippen molar-refractivity contribution in [3.63, 3.8) is 0 Å². The largest absolute Gasteiger partial charge is 0.544 e. The van der Waals surface area contributed by atoms with E-state index in [-0.39, 0.29) is 49.1 Å². The van der Waals surface area contributed by atoms with Crippen LogP contribution in [0.25, 0.3) is 0 Å². The fraction of sp³-hybridized carbons (Fsp3) is 0.638. The van der Waals surface area contributed by atoms with E-state index >= 15 is 0 Å². The number of hydrogen-bond acceptors (Lipinski definition) is 7. The van der Waals surface area contributed by atoms with Crippen molar-refractivity contribution < 1.29 is 38.2 Å². The van der Waals surface area contributed by atoms with Gasteiger partial charge in [-0.2, -0.15) is 0 Å². The van der Waals surface area contributed by atoms with Crippen LogP contribution in [0.4, 0.5) is 0 Å². The molecule has 8 nitrogen and oxygen atoms in total. The molecule has 0 spiro atoms. The van der Waals surface area contributed by atoms with Gasteiger partial charge < -0.3 is 28.6 Å². The summed E-state index contributed by atoms with van der Waals surface area (Å²) in [7, 11) is 5.38. The number of hydrogen-bond donors (Lipinski definition) is 0. The number of rotatable bonds is 36. The number of quaternary nitrogens is 1. The first kappa shape index (κ1) is 51.5. The monoisotopic (exact) mass is 768 g/mol. The number of carbonyl (C=O) groups excluding carboxylic acids is 3. The molecule has 0 aliphatic carbocycles. The molecule has 2 unspecified atom stereocenters. The van der Waals surface area contributed by atoms with Gasteiger partial charge in [0, 0.05) is 19.3 Å². The highest BCUT2D eigenvalue weighted by atomic mass is 16.6. The molecule has 0 bridgehead atoms. The van der Waals surface area contributed by atoms with Crippen LogP contribution < -0.4 is 5.11 Å². The first-order valence-electron chi connectivity index (χ1n) is 21.1. The van der Waals surface area contributed by atoms with E-state index in [1.807, 2.05) is 0 Å². The molecule has 0 saturated heterocycles. The van der Waals surface area contributed by atoms with Gasteiger partial charge in [-0.15, -0.1) is 0 Å². The molecule has 0 amide bonds. The van der Waals surface area contributed by atoms with Crippen molar-refractivity contribution in [2.24, 2.45) is 0 Å². The van der Waals surface area contributed by atoms with E-state index in [4.69, 9.17) is 14.2 Å².